The molecule has 0 aromatic carbocycles. The Morgan fingerprint density at radius 1 is 1.24 bits per heavy atom. The number of esters is 1. The monoisotopic (exact) mass is 238 g/mol. The van der Waals surface area contributed by atoms with Gasteiger partial charge in [-0.25, -0.2) is 0 Å². The molecule has 0 aliphatic carbocycles. The number of rotatable bonds is 7. The van der Waals surface area contributed by atoms with Gasteiger partial charge in [0, 0.05) is 0 Å². The summed E-state index contributed by atoms with van der Waals surface area (Å²) in [7, 11) is 0. The van der Waals surface area contributed by atoms with Crippen molar-refractivity contribution in [3.63, 3.8) is 0 Å². The van der Waals surface area contributed by atoms with E-state index in [0.29, 0.717) is 6.61 Å². The average Bonchev–Trinajstić information content (AvgIpc) is 2.27. The molecule has 0 amide bonds. The molecule has 0 aromatic heterocycles. The molecule has 0 spiro atoms. The summed E-state index contributed by atoms with van der Waals surface area (Å²) in [6.45, 7) is 10.6. The van der Waals surface area contributed by atoms with E-state index in [9.17, 15) is 4.79 Å². The van der Waals surface area contributed by atoms with Crippen LogP contribution in [-0.4, -0.2) is 12.6 Å². The first-order valence-electron chi connectivity index (χ1n) is 6.43. The number of carbonyl (C=O) groups excluding carboxylic acids is 1. The predicted octanol–water partition coefficient (Wildman–Crippen LogP) is 4.27. The van der Waals surface area contributed by atoms with Crippen molar-refractivity contribution >= 4 is 5.97 Å². The Hall–Kier alpha value is -1.05. The molecule has 0 saturated heterocycles. The molecule has 0 radical (unpaired) electrons. The van der Waals surface area contributed by atoms with Crippen molar-refractivity contribution in [2.75, 3.05) is 6.61 Å². The molecule has 0 aliphatic rings. The van der Waals surface area contributed by atoms with Gasteiger partial charge in [-0.15, -0.1) is 0 Å². The van der Waals surface area contributed by atoms with Gasteiger partial charge >= 0.3 is 5.97 Å². The molecule has 0 heterocycles. The second-order valence-electron chi connectivity index (χ2n) is 4.81. The quantitative estimate of drug-likeness (QED) is 0.489. The van der Waals surface area contributed by atoms with E-state index < -0.39 is 0 Å². The fraction of sp³-hybridized carbons (Fsp3) is 0.667. The maximum absolute atomic E-state index is 11.4. The van der Waals surface area contributed by atoms with E-state index in [2.05, 4.69) is 26.8 Å². The number of carbonyl (C=O) groups is 1. The SMILES string of the molecule is CC[C@@H](C)C(=O)OC/C=C(/C)CCC=C(C)C. The molecule has 0 fully saturated rings. The zero-order chi connectivity index (χ0) is 13.3. The van der Waals surface area contributed by atoms with Crippen molar-refractivity contribution in [1.82, 2.24) is 0 Å². The highest BCUT2D eigenvalue weighted by atomic mass is 16.5. The summed E-state index contributed by atoms with van der Waals surface area (Å²) in [6.07, 6.45) is 7.15. The smallest absolute Gasteiger partial charge is 0.308 e. The molecule has 0 aliphatic heterocycles. The van der Waals surface area contributed by atoms with Gasteiger partial charge in [-0.2, -0.15) is 0 Å². The van der Waals surface area contributed by atoms with Gasteiger partial charge in [-0.1, -0.05) is 31.1 Å². The van der Waals surface area contributed by atoms with Crippen molar-refractivity contribution in [1.29, 1.82) is 0 Å². The van der Waals surface area contributed by atoms with E-state index >= 15 is 0 Å². The topological polar surface area (TPSA) is 26.3 Å². The lowest BCUT2D eigenvalue weighted by Crippen LogP contribution is -2.13. The minimum Gasteiger partial charge on any atom is -0.461 e. The first-order valence-corrected chi connectivity index (χ1v) is 6.43. The van der Waals surface area contributed by atoms with Crippen LogP contribution in [0.1, 0.15) is 53.9 Å². The molecule has 0 saturated carbocycles. The highest BCUT2D eigenvalue weighted by Crippen LogP contribution is 2.07. The van der Waals surface area contributed by atoms with Gasteiger partial charge in [-0.3, -0.25) is 4.79 Å². The maximum atomic E-state index is 11.4. The summed E-state index contributed by atoms with van der Waals surface area (Å²) in [5, 5.41) is 0. The van der Waals surface area contributed by atoms with E-state index in [0.717, 1.165) is 19.3 Å². The highest BCUT2D eigenvalue weighted by molar-refractivity contribution is 5.71. The second kappa shape index (κ2) is 9.03. The van der Waals surface area contributed by atoms with Gasteiger partial charge in [0.1, 0.15) is 6.61 Å². The normalized spacial score (nSPS) is 13.1. The number of ether oxygens (including phenoxy) is 1. The predicted molar refractivity (Wildman–Crippen MR) is 72.8 cm³/mol. The van der Waals surface area contributed by atoms with Crippen LogP contribution in [0.5, 0.6) is 0 Å². The van der Waals surface area contributed by atoms with Crippen molar-refractivity contribution in [3.05, 3.63) is 23.3 Å². The van der Waals surface area contributed by atoms with E-state index in [4.69, 9.17) is 4.74 Å². The van der Waals surface area contributed by atoms with Crippen LogP contribution in [0.15, 0.2) is 23.3 Å². The van der Waals surface area contributed by atoms with Crippen LogP contribution < -0.4 is 0 Å². The van der Waals surface area contributed by atoms with E-state index in [1.54, 1.807) is 0 Å². The summed E-state index contributed by atoms with van der Waals surface area (Å²) in [5.41, 5.74) is 2.63. The van der Waals surface area contributed by atoms with Crippen molar-refractivity contribution < 1.29 is 9.53 Å². The molecule has 0 rings (SSSR count). The summed E-state index contributed by atoms with van der Waals surface area (Å²) in [5.74, 6) is -0.0878. The van der Waals surface area contributed by atoms with Gasteiger partial charge in [0.05, 0.1) is 5.92 Å². The summed E-state index contributed by atoms with van der Waals surface area (Å²) in [4.78, 5) is 11.4. The molecular formula is C15H26O2. The Balaban J connectivity index is 3.84. The Morgan fingerprint density at radius 2 is 1.88 bits per heavy atom. The molecule has 17 heavy (non-hydrogen) atoms. The summed E-state index contributed by atoms with van der Waals surface area (Å²) in [6, 6.07) is 0. The Labute approximate surface area is 106 Å². The third-order valence-corrected chi connectivity index (χ3v) is 2.76. The number of hydrogen-bond donors (Lipinski definition) is 0. The van der Waals surface area contributed by atoms with Crippen LogP contribution in [0.2, 0.25) is 0 Å². The molecular weight excluding hydrogens is 212 g/mol. The largest absolute Gasteiger partial charge is 0.461 e. The lowest BCUT2D eigenvalue weighted by atomic mass is 10.1. The van der Waals surface area contributed by atoms with E-state index in [1.165, 1.54) is 11.1 Å². The van der Waals surface area contributed by atoms with Gasteiger partial charge in [0.2, 0.25) is 0 Å². The third-order valence-electron chi connectivity index (χ3n) is 2.76. The number of hydrogen-bond acceptors (Lipinski definition) is 2. The van der Waals surface area contributed by atoms with Crippen LogP contribution in [0.3, 0.4) is 0 Å². The Morgan fingerprint density at radius 3 is 2.41 bits per heavy atom. The van der Waals surface area contributed by atoms with Crippen LogP contribution >= 0.6 is 0 Å². The molecule has 1 atom stereocenters. The van der Waals surface area contributed by atoms with Gasteiger partial charge in [0.25, 0.3) is 0 Å². The maximum Gasteiger partial charge on any atom is 0.308 e. The van der Waals surface area contributed by atoms with Crippen LogP contribution in [0, 0.1) is 5.92 Å². The third kappa shape index (κ3) is 8.73. The first kappa shape index (κ1) is 16.0. The standard InChI is InChI=1S/C15H26O2/c1-6-14(5)15(16)17-11-10-13(4)9-7-8-12(2)3/h8,10,14H,6-7,9,11H2,1-5H3/b13-10-/t14-/m1/s1. The van der Waals surface area contributed by atoms with Crippen LogP contribution in [0.4, 0.5) is 0 Å². The lowest BCUT2D eigenvalue weighted by molar-refractivity contribution is -0.146. The molecule has 98 valence electrons. The van der Waals surface area contributed by atoms with Gasteiger partial charge in [-0.05, 0) is 46.1 Å². The fourth-order valence-electron chi connectivity index (χ4n) is 1.27. The van der Waals surface area contributed by atoms with E-state index in [1.807, 2.05) is 19.9 Å². The Kier molecular flexibility index (Phi) is 8.47. The zero-order valence-electron chi connectivity index (χ0n) is 11.9. The summed E-state index contributed by atoms with van der Waals surface area (Å²) < 4.78 is 5.16. The zero-order valence-corrected chi connectivity index (χ0v) is 11.9. The van der Waals surface area contributed by atoms with E-state index in [-0.39, 0.29) is 11.9 Å². The molecule has 0 bridgehead atoms. The molecule has 2 nitrogen and oxygen atoms in total. The Bertz CT molecular complexity index is 283. The summed E-state index contributed by atoms with van der Waals surface area (Å²) >= 11 is 0. The average molecular weight is 238 g/mol. The minimum atomic E-state index is -0.0964. The van der Waals surface area contributed by atoms with Crippen LogP contribution in [0.25, 0.3) is 0 Å². The van der Waals surface area contributed by atoms with Crippen LogP contribution in [-0.2, 0) is 9.53 Å². The highest BCUT2D eigenvalue weighted by Gasteiger charge is 2.10. The first-order chi connectivity index (χ1) is 7.97. The lowest BCUT2D eigenvalue weighted by Gasteiger charge is -2.07. The fourth-order valence-corrected chi connectivity index (χ4v) is 1.27. The number of allylic oxidation sites excluding steroid dienone is 3. The molecule has 2 heteroatoms. The van der Waals surface area contributed by atoms with Crippen molar-refractivity contribution in [2.24, 2.45) is 5.92 Å². The van der Waals surface area contributed by atoms with Crippen molar-refractivity contribution in [3.8, 4) is 0 Å². The second-order valence-corrected chi connectivity index (χ2v) is 4.81. The molecule has 0 aromatic rings. The van der Waals surface area contributed by atoms with Gasteiger partial charge < -0.3 is 4.74 Å². The van der Waals surface area contributed by atoms with Crippen molar-refractivity contribution in [2.45, 2.75) is 53.9 Å². The minimum absolute atomic E-state index is 0.00869. The molecule has 0 N–H and O–H groups in total. The molecule has 0 unspecified atom stereocenters. The van der Waals surface area contributed by atoms with Gasteiger partial charge in [0.15, 0.2) is 0 Å².